The van der Waals surface area contributed by atoms with Gasteiger partial charge in [-0.2, -0.15) is 0 Å². The minimum Gasteiger partial charge on any atom is -0.330 e. The number of carbonyl (C=O) groups is 1. The van der Waals surface area contributed by atoms with Crippen LogP contribution in [0.15, 0.2) is 24.3 Å². The van der Waals surface area contributed by atoms with E-state index in [4.69, 9.17) is 5.73 Å². The van der Waals surface area contributed by atoms with Crippen molar-refractivity contribution in [3.63, 3.8) is 0 Å². The Bertz CT molecular complexity index is 553. The molecule has 1 heterocycles. The lowest BCUT2D eigenvalue weighted by atomic mass is 10.1. The Morgan fingerprint density at radius 2 is 2.17 bits per heavy atom. The molecular weight excluding hydrogens is 248 g/mol. The summed E-state index contributed by atoms with van der Waals surface area (Å²) in [6.45, 7) is 2.35. The van der Waals surface area contributed by atoms with Gasteiger partial charge in [0.1, 0.15) is 5.01 Å². The zero-order chi connectivity index (χ0) is 13.0. The van der Waals surface area contributed by atoms with Crippen molar-refractivity contribution < 1.29 is 4.79 Å². The summed E-state index contributed by atoms with van der Waals surface area (Å²) in [6.07, 6.45) is 0.291. The molecule has 0 aliphatic carbocycles. The molecular formula is C12H14N4OS. The third kappa shape index (κ3) is 2.91. The monoisotopic (exact) mass is 262 g/mol. The molecule has 5 nitrogen and oxygen atoms in total. The first-order valence-electron chi connectivity index (χ1n) is 5.60. The summed E-state index contributed by atoms with van der Waals surface area (Å²) >= 11 is 1.36. The van der Waals surface area contributed by atoms with Crippen LogP contribution in [0.1, 0.15) is 12.0 Å². The van der Waals surface area contributed by atoms with E-state index in [1.54, 1.807) is 0 Å². The van der Waals surface area contributed by atoms with E-state index in [9.17, 15) is 4.79 Å². The molecule has 2 aromatic rings. The topological polar surface area (TPSA) is 80.9 Å². The smallest absolute Gasteiger partial charge is 0.227 e. The van der Waals surface area contributed by atoms with Gasteiger partial charge in [0, 0.05) is 18.5 Å². The van der Waals surface area contributed by atoms with Gasteiger partial charge in [0.2, 0.25) is 11.0 Å². The van der Waals surface area contributed by atoms with Crippen molar-refractivity contribution in [1.82, 2.24) is 10.2 Å². The Kier molecular flexibility index (Phi) is 4.01. The van der Waals surface area contributed by atoms with Gasteiger partial charge in [-0.15, -0.1) is 10.2 Å². The van der Waals surface area contributed by atoms with E-state index in [0.29, 0.717) is 18.1 Å². The maximum absolute atomic E-state index is 11.4. The van der Waals surface area contributed by atoms with Crippen LogP contribution in [-0.4, -0.2) is 22.6 Å². The van der Waals surface area contributed by atoms with Gasteiger partial charge in [-0.3, -0.25) is 4.79 Å². The molecule has 3 N–H and O–H groups in total. The van der Waals surface area contributed by atoms with Crippen LogP contribution >= 0.6 is 11.3 Å². The Morgan fingerprint density at radius 3 is 2.89 bits per heavy atom. The van der Waals surface area contributed by atoms with Crippen molar-refractivity contribution in [3.05, 3.63) is 29.8 Å². The predicted molar refractivity (Wildman–Crippen MR) is 72.4 cm³/mol. The first-order valence-corrected chi connectivity index (χ1v) is 6.42. The lowest BCUT2D eigenvalue weighted by Crippen LogP contribution is -2.15. The van der Waals surface area contributed by atoms with Crippen LogP contribution in [0, 0.1) is 6.92 Å². The molecule has 0 radical (unpaired) electrons. The van der Waals surface area contributed by atoms with E-state index in [2.05, 4.69) is 15.5 Å². The number of hydrogen-bond donors (Lipinski definition) is 2. The van der Waals surface area contributed by atoms with Crippen molar-refractivity contribution in [2.24, 2.45) is 5.73 Å². The van der Waals surface area contributed by atoms with E-state index in [1.807, 2.05) is 31.2 Å². The molecule has 1 amide bonds. The summed E-state index contributed by atoms with van der Waals surface area (Å²) in [5, 5.41) is 12.0. The quantitative estimate of drug-likeness (QED) is 0.880. The molecule has 0 fully saturated rings. The number of nitrogens with zero attached hydrogens (tertiary/aromatic N) is 2. The van der Waals surface area contributed by atoms with Crippen LogP contribution < -0.4 is 11.1 Å². The van der Waals surface area contributed by atoms with E-state index in [1.165, 1.54) is 11.3 Å². The van der Waals surface area contributed by atoms with Crippen LogP contribution in [0.5, 0.6) is 0 Å². The third-order valence-electron chi connectivity index (χ3n) is 2.42. The highest BCUT2D eigenvalue weighted by molar-refractivity contribution is 7.18. The minimum atomic E-state index is -0.134. The number of benzene rings is 1. The fraction of sp³-hybridized carbons (Fsp3) is 0.250. The molecule has 1 aromatic carbocycles. The zero-order valence-corrected chi connectivity index (χ0v) is 10.8. The molecule has 0 spiro atoms. The molecule has 18 heavy (non-hydrogen) atoms. The molecule has 6 heteroatoms. The standard InChI is InChI=1S/C12H14N4OS/c1-8-4-2-3-5-9(8)11-15-16-12(18-11)14-10(17)6-7-13/h2-5H,6-7,13H2,1H3,(H,14,16,17). The summed E-state index contributed by atoms with van der Waals surface area (Å²) in [6, 6.07) is 7.94. The average molecular weight is 262 g/mol. The summed E-state index contributed by atoms with van der Waals surface area (Å²) in [5.41, 5.74) is 7.48. The van der Waals surface area contributed by atoms with Gasteiger partial charge in [-0.25, -0.2) is 0 Å². The lowest BCUT2D eigenvalue weighted by Gasteiger charge is -1.99. The first-order chi connectivity index (χ1) is 8.70. The van der Waals surface area contributed by atoms with Gasteiger partial charge in [0.05, 0.1) is 0 Å². The molecule has 0 saturated heterocycles. The number of carbonyl (C=O) groups excluding carboxylic acids is 1. The highest BCUT2D eigenvalue weighted by Gasteiger charge is 2.10. The second kappa shape index (κ2) is 5.70. The number of amides is 1. The second-order valence-electron chi connectivity index (χ2n) is 3.81. The van der Waals surface area contributed by atoms with E-state index >= 15 is 0 Å². The Morgan fingerprint density at radius 1 is 1.39 bits per heavy atom. The molecule has 0 saturated carbocycles. The Labute approximate surface area is 109 Å². The fourth-order valence-corrected chi connectivity index (χ4v) is 2.36. The molecule has 94 valence electrons. The highest BCUT2D eigenvalue weighted by Crippen LogP contribution is 2.28. The summed E-state index contributed by atoms with van der Waals surface area (Å²) in [5.74, 6) is -0.134. The molecule has 0 aliphatic heterocycles. The summed E-state index contributed by atoms with van der Waals surface area (Å²) in [4.78, 5) is 11.4. The Balaban J connectivity index is 2.16. The van der Waals surface area contributed by atoms with Gasteiger partial charge in [0.25, 0.3) is 0 Å². The number of nitrogens with two attached hydrogens (primary N) is 1. The first kappa shape index (κ1) is 12.7. The summed E-state index contributed by atoms with van der Waals surface area (Å²) < 4.78 is 0. The van der Waals surface area contributed by atoms with Crippen LogP contribution in [-0.2, 0) is 4.79 Å². The largest absolute Gasteiger partial charge is 0.330 e. The molecule has 1 aromatic heterocycles. The van der Waals surface area contributed by atoms with Crippen molar-refractivity contribution in [3.8, 4) is 10.6 Å². The molecule has 0 aliphatic rings. The van der Waals surface area contributed by atoms with Gasteiger partial charge in [-0.1, -0.05) is 35.6 Å². The number of nitrogens with one attached hydrogen (secondary N) is 1. The van der Waals surface area contributed by atoms with Gasteiger partial charge in [-0.05, 0) is 12.5 Å². The van der Waals surface area contributed by atoms with Crippen LogP contribution in [0.2, 0.25) is 0 Å². The van der Waals surface area contributed by atoms with Gasteiger partial charge < -0.3 is 11.1 Å². The summed E-state index contributed by atoms with van der Waals surface area (Å²) in [7, 11) is 0. The van der Waals surface area contributed by atoms with Crippen molar-refractivity contribution in [1.29, 1.82) is 0 Å². The fourth-order valence-electron chi connectivity index (χ4n) is 1.51. The van der Waals surface area contributed by atoms with E-state index in [-0.39, 0.29) is 5.91 Å². The van der Waals surface area contributed by atoms with Crippen LogP contribution in [0.4, 0.5) is 5.13 Å². The van der Waals surface area contributed by atoms with Gasteiger partial charge in [0.15, 0.2) is 0 Å². The predicted octanol–water partition coefficient (Wildman–Crippen LogP) is 1.80. The second-order valence-corrected chi connectivity index (χ2v) is 4.79. The maximum atomic E-state index is 11.4. The van der Waals surface area contributed by atoms with Gasteiger partial charge >= 0.3 is 0 Å². The number of rotatable bonds is 4. The average Bonchev–Trinajstić information content (AvgIpc) is 2.78. The molecule has 0 bridgehead atoms. The third-order valence-corrected chi connectivity index (χ3v) is 3.29. The Hall–Kier alpha value is -1.79. The van der Waals surface area contributed by atoms with Crippen molar-refractivity contribution in [2.75, 3.05) is 11.9 Å². The van der Waals surface area contributed by atoms with Crippen molar-refractivity contribution >= 4 is 22.4 Å². The van der Waals surface area contributed by atoms with Crippen LogP contribution in [0.25, 0.3) is 10.6 Å². The van der Waals surface area contributed by atoms with E-state index in [0.717, 1.165) is 16.1 Å². The molecule has 0 unspecified atom stereocenters. The number of anilines is 1. The van der Waals surface area contributed by atoms with Crippen LogP contribution in [0.3, 0.4) is 0 Å². The molecule has 0 atom stereocenters. The zero-order valence-electron chi connectivity index (χ0n) is 10.0. The number of hydrogen-bond acceptors (Lipinski definition) is 5. The number of aryl methyl sites for hydroxylation is 1. The SMILES string of the molecule is Cc1ccccc1-c1nnc(NC(=O)CCN)s1. The maximum Gasteiger partial charge on any atom is 0.227 e. The molecule has 2 rings (SSSR count). The normalized spacial score (nSPS) is 10.3. The van der Waals surface area contributed by atoms with E-state index < -0.39 is 0 Å². The van der Waals surface area contributed by atoms with Crippen molar-refractivity contribution in [2.45, 2.75) is 13.3 Å². The minimum absolute atomic E-state index is 0.134. The highest BCUT2D eigenvalue weighted by atomic mass is 32.1. The lowest BCUT2D eigenvalue weighted by molar-refractivity contribution is -0.116. The number of aromatic nitrogens is 2.